The topological polar surface area (TPSA) is 72.2 Å². The molecule has 0 radical (unpaired) electrons. The Labute approximate surface area is 114 Å². The van der Waals surface area contributed by atoms with Gasteiger partial charge in [-0.05, 0) is 23.4 Å². The molecule has 1 N–H and O–H groups in total. The van der Waals surface area contributed by atoms with Gasteiger partial charge in [0.2, 0.25) is 0 Å². The predicted molar refractivity (Wildman–Crippen MR) is 73.5 cm³/mol. The van der Waals surface area contributed by atoms with Crippen LogP contribution in [0.3, 0.4) is 0 Å². The van der Waals surface area contributed by atoms with E-state index < -0.39 is 4.92 Å². The Morgan fingerprint density at radius 1 is 1.26 bits per heavy atom. The molecule has 0 saturated carbocycles. The summed E-state index contributed by atoms with van der Waals surface area (Å²) in [6, 6.07) is 9.94. The summed E-state index contributed by atoms with van der Waals surface area (Å²) in [5, 5.41) is 15.2. The third-order valence-electron chi connectivity index (χ3n) is 2.59. The summed E-state index contributed by atoms with van der Waals surface area (Å²) in [5.41, 5.74) is 1.03. The van der Waals surface area contributed by atoms with Gasteiger partial charge in [-0.15, -0.1) is 11.3 Å². The molecule has 6 heteroatoms. The van der Waals surface area contributed by atoms with Gasteiger partial charge in [0, 0.05) is 18.7 Å². The number of amides is 1. The third-order valence-corrected chi connectivity index (χ3v) is 3.46. The summed E-state index contributed by atoms with van der Waals surface area (Å²) in [5.74, 6) is -0.0862. The largest absolute Gasteiger partial charge is 0.351 e. The number of thiophene rings is 1. The number of hydrogen-bond acceptors (Lipinski definition) is 4. The molecular weight excluding hydrogens is 264 g/mol. The normalized spacial score (nSPS) is 10.1. The predicted octanol–water partition coefficient (Wildman–Crippen LogP) is 2.63. The Morgan fingerprint density at radius 2 is 2.00 bits per heavy atom. The van der Waals surface area contributed by atoms with E-state index in [2.05, 4.69) is 5.32 Å². The van der Waals surface area contributed by atoms with Gasteiger partial charge in [-0.3, -0.25) is 14.9 Å². The Kier molecular flexibility index (Phi) is 4.25. The number of rotatable bonds is 5. The highest BCUT2D eigenvalue weighted by Gasteiger charge is 2.06. The quantitative estimate of drug-likeness (QED) is 0.674. The smallest absolute Gasteiger partial charge is 0.269 e. The molecule has 2 rings (SSSR count). The molecule has 1 heterocycles. The summed E-state index contributed by atoms with van der Waals surface area (Å²) >= 11 is 1.40. The number of nitrogens with zero attached hydrogens (tertiary/aromatic N) is 1. The van der Waals surface area contributed by atoms with E-state index in [4.69, 9.17) is 0 Å². The maximum atomic E-state index is 11.6. The second-order valence-electron chi connectivity index (χ2n) is 3.91. The van der Waals surface area contributed by atoms with Crippen LogP contribution in [-0.4, -0.2) is 17.4 Å². The van der Waals surface area contributed by atoms with Gasteiger partial charge < -0.3 is 5.32 Å². The van der Waals surface area contributed by atoms with Crippen molar-refractivity contribution in [2.45, 2.75) is 6.42 Å². The average Bonchev–Trinajstić information content (AvgIpc) is 2.93. The summed E-state index contributed by atoms with van der Waals surface area (Å²) in [4.78, 5) is 22.4. The lowest BCUT2D eigenvalue weighted by Gasteiger charge is -2.03. The number of nitrogens with one attached hydrogen (secondary N) is 1. The highest BCUT2D eigenvalue weighted by molar-refractivity contribution is 7.12. The van der Waals surface area contributed by atoms with Crippen LogP contribution in [0.2, 0.25) is 0 Å². The Hall–Kier alpha value is -2.21. The zero-order chi connectivity index (χ0) is 13.7. The van der Waals surface area contributed by atoms with Crippen LogP contribution < -0.4 is 5.32 Å². The number of carbonyl (C=O) groups excluding carboxylic acids is 1. The molecule has 0 spiro atoms. The fourth-order valence-corrected chi connectivity index (χ4v) is 2.24. The lowest BCUT2D eigenvalue weighted by atomic mass is 10.1. The van der Waals surface area contributed by atoms with E-state index in [0.717, 1.165) is 5.56 Å². The molecule has 0 atom stereocenters. The highest BCUT2D eigenvalue weighted by Crippen LogP contribution is 2.12. The first-order valence-corrected chi connectivity index (χ1v) is 6.60. The lowest BCUT2D eigenvalue weighted by molar-refractivity contribution is -0.384. The minimum absolute atomic E-state index is 0.0753. The van der Waals surface area contributed by atoms with E-state index in [1.807, 2.05) is 11.4 Å². The number of hydrogen-bond donors (Lipinski definition) is 1. The second kappa shape index (κ2) is 6.10. The Bertz CT molecular complexity index is 564. The van der Waals surface area contributed by atoms with Crippen molar-refractivity contribution in [1.29, 1.82) is 0 Å². The van der Waals surface area contributed by atoms with Crippen molar-refractivity contribution in [3.05, 3.63) is 62.3 Å². The molecule has 0 saturated heterocycles. The lowest BCUT2D eigenvalue weighted by Crippen LogP contribution is -2.24. The summed E-state index contributed by atoms with van der Waals surface area (Å²) in [6.07, 6.45) is 0.648. The van der Waals surface area contributed by atoms with E-state index in [9.17, 15) is 14.9 Å². The van der Waals surface area contributed by atoms with Crippen LogP contribution in [0, 0.1) is 10.1 Å². The first-order chi connectivity index (χ1) is 9.16. The van der Waals surface area contributed by atoms with Gasteiger partial charge in [-0.25, -0.2) is 0 Å². The molecule has 1 aromatic carbocycles. The van der Waals surface area contributed by atoms with Gasteiger partial charge in [-0.2, -0.15) is 0 Å². The van der Waals surface area contributed by atoms with Crippen LogP contribution in [0.15, 0.2) is 41.8 Å². The summed E-state index contributed by atoms with van der Waals surface area (Å²) in [6.45, 7) is 0.508. The molecule has 0 aliphatic rings. The molecule has 98 valence electrons. The van der Waals surface area contributed by atoms with E-state index in [1.54, 1.807) is 18.2 Å². The van der Waals surface area contributed by atoms with Gasteiger partial charge in [0.1, 0.15) is 0 Å². The number of non-ortho nitro benzene ring substituents is 1. The van der Waals surface area contributed by atoms with Gasteiger partial charge >= 0.3 is 0 Å². The van der Waals surface area contributed by atoms with Crippen molar-refractivity contribution in [2.75, 3.05) is 6.54 Å². The molecule has 19 heavy (non-hydrogen) atoms. The van der Waals surface area contributed by atoms with E-state index in [-0.39, 0.29) is 11.6 Å². The maximum absolute atomic E-state index is 11.6. The van der Waals surface area contributed by atoms with Crippen LogP contribution in [0.5, 0.6) is 0 Å². The van der Waals surface area contributed by atoms with Crippen molar-refractivity contribution in [3.63, 3.8) is 0 Å². The first kappa shape index (κ1) is 13.2. The zero-order valence-corrected chi connectivity index (χ0v) is 10.9. The molecular formula is C13H12N2O3S. The van der Waals surface area contributed by atoms with Crippen molar-refractivity contribution in [3.8, 4) is 0 Å². The molecule has 5 nitrogen and oxygen atoms in total. The fraction of sp³-hybridized carbons (Fsp3) is 0.154. The van der Waals surface area contributed by atoms with E-state index in [0.29, 0.717) is 17.8 Å². The van der Waals surface area contributed by atoms with Crippen LogP contribution in [0.25, 0.3) is 0 Å². The Balaban J connectivity index is 1.82. The average molecular weight is 276 g/mol. The molecule has 1 amide bonds. The first-order valence-electron chi connectivity index (χ1n) is 5.72. The number of nitro groups is 1. The van der Waals surface area contributed by atoms with Crippen molar-refractivity contribution < 1.29 is 9.72 Å². The van der Waals surface area contributed by atoms with Crippen LogP contribution in [-0.2, 0) is 6.42 Å². The number of carbonyl (C=O) groups is 1. The Morgan fingerprint density at radius 3 is 2.58 bits per heavy atom. The molecule has 1 aromatic heterocycles. The molecule has 0 aliphatic heterocycles. The fourth-order valence-electron chi connectivity index (χ4n) is 1.60. The maximum Gasteiger partial charge on any atom is 0.269 e. The molecule has 0 bridgehead atoms. The summed E-state index contributed by atoms with van der Waals surface area (Å²) in [7, 11) is 0. The van der Waals surface area contributed by atoms with Crippen LogP contribution in [0.4, 0.5) is 5.69 Å². The second-order valence-corrected chi connectivity index (χ2v) is 4.85. The van der Waals surface area contributed by atoms with Gasteiger partial charge in [0.05, 0.1) is 9.80 Å². The molecule has 0 aliphatic carbocycles. The SMILES string of the molecule is O=C(NCCc1ccc([N+](=O)[O-])cc1)c1cccs1. The number of benzene rings is 1. The van der Waals surface area contributed by atoms with Crippen LogP contribution >= 0.6 is 11.3 Å². The minimum Gasteiger partial charge on any atom is -0.351 e. The third kappa shape index (κ3) is 3.62. The van der Waals surface area contributed by atoms with Gasteiger partial charge in [-0.1, -0.05) is 18.2 Å². The van der Waals surface area contributed by atoms with Crippen LogP contribution in [0.1, 0.15) is 15.2 Å². The minimum atomic E-state index is -0.428. The van der Waals surface area contributed by atoms with Crippen molar-refractivity contribution in [1.82, 2.24) is 5.32 Å². The van der Waals surface area contributed by atoms with Crippen molar-refractivity contribution >= 4 is 22.9 Å². The van der Waals surface area contributed by atoms with Crippen molar-refractivity contribution in [2.24, 2.45) is 0 Å². The summed E-state index contributed by atoms with van der Waals surface area (Å²) < 4.78 is 0. The number of nitro benzene ring substituents is 1. The van der Waals surface area contributed by atoms with Gasteiger partial charge in [0.15, 0.2) is 0 Å². The highest BCUT2D eigenvalue weighted by atomic mass is 32.1. The molecule has 0 fully saturated rings. The van der Waals surface area contributed by atoms with E-state index >= 15 is 0 Å². The van der Waals surface area contributed by atoms with Gasteiger partial charge in [0.25, 0.3) is 11.6 Å². The molecule has 0 unspecified atom stereocenters. The molecule has 2 aromatic rings. The standard InChI is InChI=1S/C13H12N2O3S/c16-13(12-2-1-9-19-12)14-8-7-10-3-5-11(6-4-10)15(17)18/h1-6,9H,7-8H2,(H,14,16). The van der Waals surface area contributed by atoms with E-state index in [1.165, 1.54) is 23.5 Å². The monoisotopic (exact) mass is 276 g/mol. The zero-order valence-electron chi connectivity index (χ0n) is 10.0.